The van der Waals surface area contributed by atoms with Gasteiger partial charge in [-0.25, -0.2) is 14.8 Å². The predicted molar refractivity (Wildman–Crippen MR) is 86.9 cm³/mol. The minimum absolute atomic E-state index is 0.0783. The highest BCUT2D eigenvalue weighted by atomic mass is 19.4. The number of nitrogens with zero attached hydrogens (tertiary/aromatic N) is 3. The van der Waals surface area contributed by atoms with Crippen LogP contribution in [0.5, 0.6) is 0 Å². The Bertz CT molecular complexity index is 960. The van der Waals surface area contributed by atoms with E-state index in [-0.39, 0.29) is 11.5 Å². The van der Waals surface area contributed by atoms with Crippen LogP contribution in [-0.2, 0) is 6.18 Å². The van der Waals surface area contributed by atoms with Gasteiger partial charge in [-0.1, -0.05) is 12.1 Å². The van der Waals surface area contributed by atoms with E-state index in [1.165, 1.54) is 18.3 Å². The molecular formula is C17H11F3N4O2. The summed E-state index contributed by atoms with van der Waals surface area (Å²) in [7, 11) is 0. The molecule has 0 unspecified atom stereocenters. The number of carboxylic acid groups (broad SMARTS) is 1. The third kappa shape index (κ3) is 3.94. The topological polar surface area (TPSA) is 88.0 Å². The molecular weight excluding hydrogens is 349 g/mol. The Kier molecular flexibility index (Phi) is 4.53. The van der Waals surface area contributed by atoms with Gasteiger partial charge in [0.1, 0.15) is 5.69 Å². The van der Waals surface area contributed by atoms with Gasteiger partial charge in [-0.05, 0) is 30.3 Å². The van der Waals surface area contributed by atoms with Crippen LogP contribution in [0.2, 0.25) is 0 Å². The quantitative estimate of drug-likeness (QED) is 0.731. The summed E-state index contributed by atoms with van der Waals surface area (Å²) in [5.41, 5.74) is 0.462. The standard InChI is InChI=1S/C17H11F3N4O2/c18-17(19,20)14-5-7-22-16(24-14)23-12-3-1-2-10(8-12)13-9-11(15(25)26)4-6-21-13/h1-9H,(H,25,26)(H,22,23,24). The number of aromatic nitrogens is 3. The molecule has 6 nitrogen and oxygen atoms in total. The molecule has 0 amide bonds. The van der Waals surface area contributed by atoms with Crippen molar-refractivity contribution in [1.29, 1.82) is 0 Å². The molecule has 0 bridgehead atoms. The Morgan fingerprint density at radius 1 is 1.04 bits per heavy atom. The molecule has 0 atom stereocenters. The highest BCUT2D eigenvalue weighted by Crippen LogP contribution is 2.28. The minimum atomic E-state index is -4.57. The Balaban J connectivity index is 1.89. The Hall–Kier alpha value is -3.49. The number of halogens is 3. The molecule has 0 saturated carbocycles. The van der Waals surface area contributed by atoms with Crippen molar-refractivity contribution in [2.45, 2.75) is 6.18 Å². The molecule has 1 aromatic carbocycles. The fourth-order valence-corrected chi connectivity index (χ4v) is 2.18. The second kappa shape index (κ2) is 6.79. The van der Waals surface area contributed by atoms with E-state index < -0.39 is 17.8 Å². The number of aromatic carboxylic acids is 1. The molecule has 2 aromatic heterocycles. The lowest BCUT2D eigenvalue weighted by atomic mass is 10.1. The van der Waals surface area contributed by atoms with Crippen LogP contribution in [0, 0.1) is 0 Å². The summed E-state index contributed by atoms with van der Waals surface area (Å²) < 4.78 is 38.2. The summed E-state index contributed by atoms with van der Waals surface area (Å²) in [6.07, 6.45) is -2.18. The van der Waals surface area contributed by atoms with E-state index in [1.807, 2.05) is 0 Å². The number of alkyl halides is 3. The fraction of sp³-hybridized carbons (Fsp3) is 0.0588. The molecule has 9 heteroatoms. The zero-order valence-corrected chi connectivity index (χ0v) is 13.0. The van der Waals surface area contributed by atoms with Crippen LogP contribution in [0.1, 0.15) is 16.1 Å². The van der Waals surface area contributed by atoms with Crippen molar-refractivity contribution in [3.8, 4) is 11.3 Å². The van der Waals surface area contributed by atoms with Crippen molar-refractivity contribution in [1.82, 2.24) is 15.0 Å². The van der Waals surface area contributed by atoms with Gasteiger partial charge in [-0.3, -0.25) is 4.98 Å². The van der Waals surface area contributed by atoms with Gasteiger partial charge in [0, 0.05) is 23.6 Å². The monoisotopic (exact) mass is 360 g/mol. The number of hydrogen-bond acceptors (Lipinski definition) is 5. The summed E-state index contributed by atoms with van der Waals surface area (Å²) in [6, 6.07) is 10.1. The molecule has 0 aliphatic rings. The van der Waals surface area contributed by atoms with Crippen molar-refractivity contribution in [3.63, 3.8) is 0 Å². The summed E-state index contributed by atoms with van der Waals surface area (Å²) in [6.45, 7) is 0. The van der Waals surface area contributed by atoms with Crippen molar-refractivity contribution >= 4 is 17.6 Å². The fourth-order valence-electron chi connectivity index (χ4n) is 2.18. The normalized spacial score (nSPS) is 11.2. The SMILES string of the molecule is O=C(O)c1ccnc(-c2cccc(Nc3nccc(C(F)(F)F)n3)c2)c1. The van der Waals surface area contributed by atoms with Crippen molar-refractivity contribution in [3.05, 3.63) is 66.1 Å². The Morgan fingerprint density at radius 2 is 1.81 bits per heavy atom. The largest absolute Gasteiger partial charge is 0.478 e. The third-order valence-corrected chi connectivity index (χ3v) is 3.37. The maximum absolute atomic E-state index is 12.7. The van der Waals surface area contributed by atoms with Crippen molar-refractivity contribution < 1.29 is 23.1 Å². The predicted octanol–water partition coefficient (Wildman–Crippen LogP) is 4.00. The molecule has 0 aliphatic heterocycles. The number of anilines is 2. The number of pyridine rings is 1. The van der Waals surface area contributed by atoms with Crippen LogP contribution in [0.25, 0.3) is 11.3 Å². The van der Waals surface area contributed by atoms with Crippen LogP contribution < -0.4 is 5.32 Å². The molecule has 3 aromatic rings. The number of hydrogen-bond donors (Lipinski definition) is 2. The van der Waals surface area contributed by atoms with Crippen LogP contribution in [0.15, 0.2) is 54.9 Å². The summed E-state index contributed by atoms with van der Waals surface area (Å²) in [5.74, 6) is -1.29. The lowest BCUT2D eigenvalue weighted by Gasteiger charge is -2.10. The van der Waals surface area contributed by atoms with Gasteiger partial charge in [0.05, 0.1) is 11.3 Å². The first-order valence-corrected chi connectivity index (χ1v) is 7.30. The van der Waals surface area contributed by atoms with Gasteiger partial charge >= 0.3 is 12.1 Å². The molecule has 0 fully saturated rings. The van der Waals surface area contributed by atoms with Gasteiger partial charge < -0.3 is 10.4 Å². The van der Waals surface area contributed by atoms with Gasteiger partial charge in [-0.15, -0.1) is 0 Å². The maximum Gasteiger partial charge on any atom is 0.433 e. The zero-order valence-electron chi connectivity index (χ0n) is 13.0. The molecule has 0 spiro atoms. The lowest BCUT2D eigenvalue weighted by molar-refractivity contribution is -0.141. The Morgan fingerprint density at radius 3 is 2.54 bits per heavy atom. The molecule has 132 valence electrons. The average molecular weight is 360 g/mol. The van der Waals surface area contributed by atoms with E-state index in [1.54, 1.807) is 24.3 Å². The molecule has 3 rings (SSSR count). The van der Waals surface area contributed by atoms with Gasteiger partial charge in [0.25, 0.3) is 0 Å². The number of carbonyl (C=O) groups is 1. The molecule has 0 saturated heterocycles. The second-order valence-electron chi connectivity index (χ2n) is 5.20. The van der Waals surface area contributed by atoms with Crippen molar-refractivity contribution in [2.75, 3.05) is 5.32 Å². The summed E-state index contributed by atoms with van der Waals surface area (Å²) in [4.78, 5) is 22.4. The molecule has 2 heterocycles. The van der Waals surface area contributed by atoms with Gasteiger partial charge in [0.15, 0.2) is 0 Å². The van der Waals surface area contributed by atoms with Crippen LogP contribution in [0.4, 0.5) is 24.8 Å². The smallest absolute Gasteiger partial charge is 0.433 e. The first-order chi connectivity index (χ1) is 12.3. The van der Waals surface area contributed by atoms with Gasteiger partial charge in [-0.2, -0.15) is 13.2 Å². The maximum atomic E-state index is 12.7. The number of rotatable bonds is 4. The number of benzene rings is 1. The number of carboxylic acids is 1. The van der Waals surface area contributed by atoms with E-state index >= 15 is 0 Å². The Labute approximate surface area is 145 Å². The van der Waals surface area contributed by atoms with E-state index in [9.17, 15) is 18.0 Å². The van der Waals surface area contributed by atoms with E-state index in [4.69, 9.17) is 5.11 Å². The second-order valence-corrected chi connectivity index (χ2v) is 5.20. The molecule has 26 heavy (non-hydrogen) atoms. The number of nitrogens with one attached hydrogen (secondary N) is 1. The molecule has 0 radical (unpaired) electrons. The first kappa shape index (κ1) is 17.3. The lowest BCUT2D eigenvalue weighted by Crippen LogP contribution is -2.10. The zero-order chi connectivity index (χ0) is 18.7. The van der Waals surface area contributed by atoms with Crippen LogP contribution in [0.3, 0.4) is 0 Å². The van der Waals surface area contributed by atoms with Crippen LogP contribution >= 0.6 is 0 Å². The summed E-state index contributed by atoms with van der Waals surface area (Å²) in [5, 5.41) is 11.7. The first-order valence-electron chi connectivity index (χ1n) is 7.30. The highest BCUT2D eigenvalue weighted by molar-refractivity contribution is 5.88. The van der Waals surface area contributed by atoms with Gasteiger partial charge in [0.2, 0.25) is 5.95 Å². The van der Waals surface area contributed by atoms with E-state index in [0.29, 0.717) is 16.9 Å². The van der Waals surface area contributed by atoms with Crippen molar-refractivity contribution in [2.24, 2.45) is 0 Å². The van der Waals surface area contributed by atoms with E-state index in [0.717, 1.165) is 12.3 Å². The summed E-state index contributed by atoms with van der Waals surface area (Å²) >= 11 is 0. The molecule has 2 N–H and O–H groups in total. The van der Waals surface area contributed by atoms with E-state index in [2.05, 4.69) is 20.3 Å². The minimum Gasteiger partial charge on any atom is -0.478 e. The third-order valence-electron chi connectivity index (χ3n) is 3.37. The molecule has 0 aliphatic carbocycles. The average Bonchev–Trinajstić information content (AvgIpc) is 2.61. The van der Waals surface area contributed by atoms with Crippen LogP contribution in [-0.4, -0.2) is 26.0 Å². The highest BCUT2D eigenvalue weighted by Gasteiger charge is 2.32.